The lowest BCUT2D eigenvalue weighted by molar-refractivity contribution is -0.130. The van der Waals surface area contributed by atoms with Crippen LogP contribution in [0.2, 0.25) is 0 Å². The van der Waals surface area contributed by atoms with Crippen LogP contribution >= 0.6 is 0 Å². The van der Waals surface area contributed by atoms with Crippen LogP contribution in [0.15, 0.2) is 54.6 Å². The number of carbonyl (C=O) groups is 3. The Hall–Kier alpha value is -3.35. The zero-order valence-corrected chi connectivity index (χ0v) is 19.1. The van der Waals surface area contributed by atoms with Crippen molar-refractivity contribution in [1.29, 1.82) is 0 Å². The standard InChI is InChI=1S/C25H31N3O4/c1-17(18-10-6-5-7-11-18)27-22(29)15-26-23(30)21-14-19-12-8-9-13-20(19)16-28(21)24(31)32-25(2,3)4/h5-13,17,21H,14-16H2,1-4H3,(H,26,30)(H,27,29)/t17-,21-/m0/s1. The second-order valence-electron chi connectivity index (χ2n) is 9.01. The lowest BCUT2D eigenvalue weighted by atomic mass is 9.94. The van der Waals surface area contributed by atoms with Gasteiger partial charge in [-0.2, -0.15) is 0 Å². The van der Waals surface area contributed by atoms with Gasteiger partial charge < -0.3 is 15.4 Å². The summed E-state index contributed by atoms with van der Waals surface area (Å²) in [6.45, 7) is 7.36. The number of hydrogen-bond acceptors (Lipinski definition) is 4. The van der Waals surface area contributed by atoms with Gasteiger partial charge in [-0.1, -0.05) is 54.6 Å². The van der Waals surface area contributed by atoms with Gasteiger partial charge in [-0.05, 0) is 44.4 Å². The summed E-state index contributed by atoms with van der Waals surface area (Å²) in [5.41, 5.74) is 2.29. The van der Waals surface area contributed by atoms with Crippen molar-refractivity contribution in [1.82, 2.24) is 15.5 Å². The van der Waals surface area contributed by atoms with E-state index in [1.807, 2.05) is 61.5 Å². The molecule has 3 rings (SSSR count). The van der Waals surface area contributed by atoms with Crippen molar-refractivity contribution in [3.05, 3.63) is 71.3 Å². The molecule has 0 radical (unpaired) electrons. The number of nitrogens with one attached hydrogen (secondary N) is 2. The first-order valence-electron chi connectivity index (χ1n) is 10.8. The van der Waals surface area contributed by atoms with Gasteiger partial charge in [0.25, 0.3) is 0 Å². The Balaban J connectivity index is 1.65. The summed E-state index contributed by atoms with van der Waals surface area (Å²) in [4.78, 5) is 39.7. The van der Waals surface area contributed by atoms with E-state index in [1.165, 1.54) is 4.90 Å². The van der Waals surface area contributed by atoms with Gasteiger partial charge >= 0.3 is 6.09 Å². The molecule has 1 aliphatic heterocycles. The van der Waals surface area contributed by atoms with Gasteiger partial charge in [0.15, 0.2) is 0 Å². The molecule has 7 heteroatoms. The highest BCUT2D eigenvalue weighted by Gasteiger charge is 2.37. The minimum absolute atomic E-state index is 0.170. The fraction of sp³-hybridized carbons (Fsp3) is 0.400. The van der Waals surface area contributed by atoms with Crippen LogP contribution in [0.1, 0.15) is 50.4 Å². The second-order valence-corrected chi connectivity index (χ2v) is 9.01. The highest BCUT2D eigenvalue weighted by Crippen LogP contribution is 2.25. The molecule has 0 bridgehead atoms. The van der Waals surface area contributed by atoms with E-state index in [-0.39, 0.29) is 30.9 Å². The Morgan fingerprint density at radius 1 is 1.03 bits per heavy atom. The number of fused-ring (bicyclic) bond motifs is 1. The molecule has 1 aliphatic rings. The number of amides is 3. The molecule has 7 nitrogen and oxygen atoms in total. The lowest BCUT2D eigenvalue weighted by Gasteiger charge is -2.36. The SMILES string of the molecule is C[C@H](NC(=O)CNC(=O)[C@@H]1Cc2ccccc2CN1C(=O)OC(C)(C)C)c1ccccc1. The fourth-order valence-corrected chi connectivity index (χ4v) is 3.67. The number of hydrogen-bond donors (Lipinski definition) is 2. The molecule has 1 heterocycles. The minimum Gasteiger partial charge on any atom is -0.444 e. The van der Waals surface area contributed by atoms with E-state index in [1.54, 1.807) is 20.8 Å². The summed E-state index contributed by atoms with van der Waals surface area (Å²) < 4.78 is 5.53. The molecule has 2 N–H and O–H groups in total. The topological polar surface area (TPSA) is 87.7 Å². The van der Waals surface area contributed by atoms with Crippen LogP contribution < -0.4 is 10.6 Å². The molecule has 32 heavy (non-hydrogen) atoms. The molecule has 0 aromatic heterocycles. The highest BCUT2D eigenvalue weighted by molar-refractivity contribution is 5.90. The van der Waals surface area contributed by atoms with E-state index in [9.17, 15) is 14.4 Å². The summed E-state index contributed by atoms with van der Waals surface area (Å²) >= 11 is 0. The molecule has 0 fully saturated rings. The normalized spacial score (nSPS) is 16.5. The van der Waals surface area contributed by atoms with Crippen molar-refractivity contribution in [2.45, 2.75) is 58.3 Å². The Morgan fingerprint density at radius 2 is 1.66 bits per heavy atom. The summed E-state index contributed by atoms with van der Waals surface area (Å²) in [6.07, 6.45) is -0.183. The van der Waals surface area contributed by atoms with Gasteiger partial charge in [0, 0.05) is 6.42 Å². The molecule has 3 amide bonds. The first kappa shape index (κ1) is 23.3. The smallest absolute Gasteiger partial charge is 0.411 e. The zero-order chi connectivity index (χ0) is 23.3. The van der Waals surface area contributed by atoms with Crippen LogP contribution in [0.4, 0.5) is 4.79 Å². The number of nitrogens with zero attached hydrogens (tertiary/aromatic N) is 1. The summed E-state index contributed by atoms with van der Waals surface area (Å²) in [7, 11) is 0. The van der Waals surface area contributed by atoms with E-state index >= 15 is 0 Å². The largest absolute Gasteiger partial charge is 0.444 e. The molecule has 0 saturated carbocycles. The monoisotopic (exact) mass is 437 g/mol. The molecule has 0 spiro atoms. The van der Waals surface area contributed by atoms with E-state index in [0.29, 0.717) is 6.42 Å². The summed E-state index contributed by atoms with van der Waals surface area (Å²) in [5.74, 6) is -0.678. The third-order valence-corrected chi connectivity index (χ3v) is 5.28. The number of ether oxygens (including phenoxy) is 1. The number of rotatable bonds is 5. The van der Waals surface area contributed by atoms with Crippen molar-refractivity contribution >= 4 is 17.9 Å². The van der Waals surface area contributed by atoms with Crippen LogP contribution in [-0.2, 0) is 27.3 Å². The average molecular weight is 438 g/mol. The summed E-state index contributed by atoms with van der Waals surface area (Å²) in [6, 6.07) is 16.4. The third kappa shape index (κ3) is 6.09. The summed E-state index contributed by atoms with van der Waals surface area (Å²) in [5, 5.41) is 5.56. The maximum Gasteiger partial charge on any atom is 0.411 e. The second kappa shape index (κ2) is 9.85. The average Bonchev–Trinajstić information content (AvgIpc) is 2.76. The van der Waals surface area contributed by atoms with Gasteiger partial charge in [0.1, 0.15) is 11.6 Å². The maximum absolute atomic E-state index is 13.0. The Morgan fingerprint density at radius 3 is 2.31 bits per heavy atom. The van der Waals surface area contributed by atoms with Crippen molar-refractivity contribution in [2.75, 3.05) is 6.54 Å². The molecule has 2 aromatic carbocycles. The van der Waals surface area contributed by atoms with Gasteiger partial charge in [0.05, 0.1) is 19.1 Å². The van der Waals surface area contributed by atoms with Gasteiger partial charge in [-0.25, -0.2) is 4.79 Å². The van der Waals surface area contributed by atoms with Crippen LogP contribution in [-0.4, -0.2) is 41.0 Å². The van der Waals surface area contributed by atoms with E-state index < -0.39 is 17.7 Å². The number of carbonyl (C=O) groups excluding carboxylic acids is 3. The van der Waals surface area contributed by atoms with Crippen LogP contribution in [0, 0.1) is 0 Å². The zero-order valence-electron chi connectivity index (χ0n) is 19.1. The van der Waals surface area contributed by atoms with E-state index in [2.05, 4.69) is 10.6 Å². The molecule has 2 aromatic rings. The predicted octanol–water partition coefficient (Wildman–Crippen LogP) is 3.34. The maximum atomic E-state index is 13.0. The molecule has 2 atom stereocenters. The predicted molar refractivity (Wildman–Crippen MR) is 122 cm³/mol. The Labute approximate surface area is 189 Å². The van der Waals surface area contributed by atoms with Crippen molar-refractivity contribution in [3.63, 3.8) is 0 Å². The number of benzene rings is 2. The highest BCUT2D eigenvalue weighted by atomic mass is 16.6. The van der Waals surface area contributed by atoms with Crippen LogP contribution in [0.25, 0.3) is 0 Å². The van der Waals surface area contributed by atoms with Crippen LogP contribution in [0.5, 0.6) is 0 Å². The van der Waals surface area contributed by atoms with Crippen molar-refractivity contribution < 1.29 is 19.1 Å². The molecular weight excluding hydrogens is 406 g/mol. The van der Waals surface area contributed by atoms with E-state index in [0.717, 1.165) is 16.7 Å². The Kier molecular flexibility index (Phi) is 7.18. The van der Waals surface area contributed by atoms with Gasteiger partial charge in [-0.3, -0.25) is 14.5 Å². The molecule has 170 valence electrons. The van der Waals surface area contributed by atoms with Crippen molar-refractivity contribution in [3.8, 4) is 0 Å². The van der Waals surface area contributed by atoms with Crippen LogP contribution in [0.3, 0.4) is 0 Å². The van der Waals surface area contributed by atoms with E-state index in [4.69, 9.17) is 4.74 Å². The molecular formula is C25H31N3O4. The lowest BCUT2D eigenvalue weighted by Crippen LogP contribution is -2.54. The molecule has 0 saturated heterocycles. The minimum atomic E-state index is -0.751. The van der Waals surface area contributed by atoms with Crippen molar-refractivity contribution in [2.24, 2.45) is 0 Å². The van der Waals surface area contributed by atoms with Gasteiger partial charge in [-0.15, -0.1) is 0 Å². The third-order valence-electron chi connectivity index (χ3n) is 5.28. The first-order chi connectivity index (χ1) is 15.1. The molecule has 0 aliphatic carbocycles. The first-order valence-corrected chi connectivity index (χ1v) is 10.8. The molecule has 0 unspecified atom stereocenters. The Bertz CT molecular complexity index is 969. The fourth-order valence-electron chi connectivity index (χ4n) is 3.67. The van der Waals surface area contributed by atoms with Gasteiger partial charge in [0.2, 0.25) is 11.8 Å². The quantitative estimate of drug-likeness (QED) is 0.751.